The maximum atomic E-state index is 2.41. The molecule has 0 saturated carbocycles. The molecule has 0 N–H and O–H groups in total. The van der Waals surface area contributed by atoms with Gasteiger partial charge in [0.05, 0.1) is 0 Å². The summed E-state index contributed by atoms with van der Waals surface area (Å²) in [6, 6.07) is 81.8. The molecule has 0 spiro atoms. The molecule has 11 rings (SSSR count). The second-order valence-electron chi connectivity index (χ2n) is 16.5. The van der Waals surface area contributed by atoms with Gasteiger partial charge in [-0.2, -0.15) is 0 Å². The van der Waals surface area contributed by atoms with Crippen molar-refractivity contribution in [1.29, 1.82) is 0 Å². The lowest BCUT2D eigenvalue weighted by Crippen LogP contribution is -2.10. The van der Waals surface area contributed by atoms with Crippen LogP contribution in [-0.4, -0.2) is 0 Å². The normalized spacial score (nSPS) is 12.1. The Balaban J connectivity index is 0.971. The third-order valence-electron chi connectivity index (χ3n) is 12.3. The van der Waals surface area contributed by atoms with Gasteiger partial charge in [0.25, 0.3) is 0 Å². The zero-order chi connectivity index (χ0) is 43.5. The zero-order valence-corrected chi connectivity index (χ0v) is 37.7. The SMILES string of the molecule is Cc1ccccc1Sc1ccccc1-c1ccc(N(c2ccc(C3=Cc4c(sc5ccccc45)C=CC3)cc2)c2ccc(-c3cc(-c4ccccc4)cc(-c4ccccc4)c3)cc2)cc1. The van der Waals surface area contributed by atoms with Crippen molar-refractivity contribution in [3.05, 3.63) is 252 Å². The van der Waals surface area contributed by atoms with Gasteiger partial charge in [-0.15, -0.1) is 11.3 Å². The van der Waals surface area contributed by atoms with Crippen molar-refractivity contribution in [2.24, 2.45) is 0 Å². The van der Waals surface area contributed by atoms with Gasteiger partial charge in [-0.05, 0) is 160 Å². The molecule has 0 unspecified atom stereocenters. The smallest absolute Gasteiger partial charge is 0.0462 e. The van der Waals surface area contributed by atoms with E-state index in [0.717, 1.165) is 23.5 Å². The number of hydrogen-bond acceptors (Lipinski definition) is 3. The van der Waals surface area contributed by atoms with Crippen LogP contribution in [0, 0.1) is 6.92 Å². The van der Waals surface area contributed by atoms with Crippen molar-refractivity contribution in [2.75, 3.05) is 4.90 Å². The molecule has 0 amide bonds. The average Bonchev–Trinajstić information content (AvgIpc) is 3.58. The molecule has 0 radical (unpaired) electrons. The standard InChI is InChI=1S/C62H45NS2/c1-43-15-8-11-23-59(43)64-60-24-12-9-21-56(60)48-31-37-55(38-32-48)63(53-33-27-46(28-34-53)49-20-14-26-62-58(42-49)57-22-10-13-25-61(57)65-62)54-35-29-47(30-36-54)52-40-50(44-16-4-2-5-17-44)39-51(41-52)45-18-6-3-7-19-45/h2-19,21-42H,20H2,1H3. The van der Waals surface area contributed by atoms with E-state index < -0.39 is 0 Å². The maximum absolute atomic E-state index is 2.41. The van der Waals surface area contributed by atoms with Gasteiger partial charge < -0.3 is 4.90 Å². The van der Waals surface area contributed by atoms with E-state index in [4.69, 9.17) is 0 Å². The van der Waals surface area contributed by atoms with Crippen LogP contribution in [0.1, 0.15) is 28.0 Å². The highest BCUT2D eigenvalue weighted by molar-refractivity contribution is 7.99. The van der Waals surface area contributed by atoms with Crippen molar-refractivity contribution in [1.82, 2.24) is 0 Å². The predicted molar refractivity (Wildman–Crippen MR) is 282 cm³/mol. The fourth-order valence-electron chi connectivity index (χ4n) is 8.92. The van der Waals surface area contributed by atoms with Crippen LogP contribution in [0.3, 0.4) is 0 Å². The summed E-state index contributed by atoms with van der Waals surface area (Å²) in [5.74, 6) is 0. The van der Waals surface area contributed by atoms with Crippen LogP contribution in [0.25, 0.3) is 72.3 Å². The van der Waals surface area contributed by atoms with Gasteiger partial charge in [-0.3, -0.25) is 0 Å². The van der Waals surface area contributed by atoms with E-state index in [0.29, 0.717) is 0 Å². The van der Waals surface area contributed by atoms with Crippen LogP contribution in [0.5, 0.6) is 0 Å². The van der Waals surface area contributed by atoms with Crippen molar-refractivity contribution in [3.8, 4) is 44.5 Å². The first kappa shape index (κ1) is 40.4. The van der Waals surface area contributed by atoms with Crippen molar-refractivity contribution in [2.45, 2.75) is 23.1 Å². The van der Waals surface area contributed by atoms with Crippen LogP contribution in [0.15, 0.2) is 240 Å². The third-order valence-corrected chi connectivity index (χ3v) is 14.7. The summed E-state index contributed by atoms with van der Waals surface area (Å²) in [6.45, 7) is 2.18. The van der Waals surface area contributed by atoms with Gasteiger partial charge in [0.1, 0.15) is 0 Å². The molecule has 1 heterocycles. The van der Waals surface area contributed by atoms with Gasteiger partial charge in [0, 0.05) is 47.4 Å². The lowest BCUT2D eigenvalue weighted by Gasteiger charge is -2.26. The molecule has 3 heteroatoms. The summed E-state index contributed by atoms with van der Waals surface area (Å²) in [5.41, 5.74) is 18.1. The first-order valence-electron chi connectivity index (χ1n) is 22.2. The van der Waals surface area contributed by atoms with Crippen LogP contribution in [0.4, 0.5) is 17.1 Å². The molecule has 1 aliphatic rings. The van der Waals surface area contributed by atoms with E-state index >= 15 is 0 Å². The highest BCUT2D eigenvalue weighted by Gasteiger charge is 2.17. The Morgan fingerprint density at radius 1 is 0.431 bits per heavy atom. The van der Waals surface area contributed by atoms with Crippen molar-refractivity contribution >= 4 is 68.0 Å². The number of aryl methyl sites for hydroxylation is 1. The summed E-state index contributed by atoms with van der Waals surface area (Å²) < 4.78 is 1.33. The molecular formula is C62H45NS2. The zero-order valence-electron chi connectivity index (χ0n) is 36.1. The number of thiophene rings is 1. The second kappa shape index (κ2) is 18.0. The van der Waals surface area contributed by atoms with Crippen molar-refractivity contribution < 1.29 is 0 Å². The van der Waals surface area contributed by atoms with Gasteiger partial charge in [0.15, 0.2) is 0 Å². The van der Waals surface area contributed by atoms with Crippen LogP contribution < -0.4 is 4.90 Å². The molecule has 65 heavy (non-hydrogen) atoms. The summed E-state index contributed by atoms with van der Waals surface area (Å²) in [5, 5.41) is 1.32. The Kier molecular flexibility index (Phi) is 11.2. The number of allylic oxidation sites excluding steroid dienone is 2. The highest BCUT2D eigenvalue weighted by atomic mass is 32.2. The van der Waals surface area contributed by atoms with Crippen molar-refractivity contribution in [3.63, 3.8) is 0 Å². The minimum Gasteiger partial charge on any atom is -0.311 e. The maximum Gasteiger partial charge on any atom is 0.0462 e. The lowest BCUT2D eigenvalue weighted by molar-refractivity contribution is 1.28. The molecule has 310 valence electrons. The van der Waals surface area contributed by atoms with E-state index in [-0.39, 0.29) is 0 Å². The molecule has 1 aromatic heterocycles. The first-order chi connectivity index (χ1) is 32.1. The Morgan fingerprint density at radius 3 is 1.54 bits per heavy atom. The molecule has 9 aromatic carbocycles. The monoisotopic (exact) mass is 867 g/mol. The number of benzene rings is 9. The average molecular weight is 868 g/mol. The topological polar surface area (TPSA) is 3.24 Å². The number of nitrogens with zero attached hydrogens (tertiary/aromatic N) is 1. The molecule has 0 atom stereocenters. The highest BCUT2D eigenvalue weighted by Crippen LogP contribution is 2.43. The summed E-state index contributed by atoms with van der Waals surface area (Å²) in [7, 11) is 0. The largest absolute Gasteiger partial charge is 0.311 e. The fourth-order valence-corrected chi connectivity index (χ4v) is 11.1. The Bertz CT molecular complexity index is 3280. The van der Waals surface area contributed by atoms with Crippen LogP contribution in [-0.2, 0) is 0 Å². The number of hydrogen-bond donors (Lipinski definition) is 0. The van der Waals surface area contributed by atoms with Gasteiger partial charge >= 0.3 is 0 Å². The van der Waals surface area contributed by atoms with Crippen LogP contribution in [0.2, 0.25) is 0 Å². The van der Waals surface area contributed by atoms with E-state index in [9.17, 15) is 0 Å². The molecule has 1 nitrogen and oxygen atoms in total. The summed E-state index contributed by atoms with van der Waals surface area (Å²) >= 11 is 3.70. The first-order valence-corrected chi connectivity index (χ1v) is 23.8. The minimum absolute atomic E-state index is 0.892. The second-order valence-corrected chi connectivity index (χ2v) is 18.7. The molecule has 1 aliphatic carbocycles. The molecule has 0 bridgehead atoms. The van der Waals surface area contributed by atoms with E-state index in [1.165, 1.54) is 91.5 Å². The number of anilines is 3. The predicted octanol–water partition coefficient (Wildman–Crippen LogP) is 18.5. The van der Waals surface area contributed by atoms with E-state index in [1.54, 1.807) is 0 Å². The third kappa shape index (κ3) is 8.41. The minimum atomic E-state index is 0.892. The Hall–Kier alpha value is -7.43. The fraction of sp³-hybridized carbons (Fsp3) is 0.0323. The molecule has 0 fully saturated rings. The van der Waals surface area contributed by atoms with Gasteiger partial charge in [-0.1, -0.05) is 169 Å². The van der Waals surface area contributed by atoms with E-state index in [2.05, 4.69) is 255 Å². The summed E-state index contributed by atoms with van der Waals surface area (Å²) in [4.78, 5) is 6.23. The molecule has 0 aliphatic heterocycles. The van der Waals surface area contributed by atoms with Crippen LogP contribution >= 0.6 is 23.1 Å². The van der Waals surface area contributed by atoms with Gasteiger partial charge in [-0.25, -0.2) is 0 Å². The molecule has 10 aromatic rings. The Morgan fingerprint density at radius 2 is 0.923 bits per heavy atom. The van der Waals surface area contributed by atoms with E-state index in [1.807, 2.05) is 23.1 Å². The number of fused-ring (bicyclic) bond motifs is 3. The lowest BCUT2D eigenvalue weighted by atomic mass is 9.93. The van der Waals surface area contributed by atoms with Gasteiger partial charge in [0.2, 0.25) is 0 Å². The summed E-state index contributed by atoms with van der Waals surface area (Å²) in [6.07, 6.45) is 7.91. The Labute approximate surface area is 390 Å². The number of rotatable bonds is 10. The quantitative estimate of drug-likeness (QED) is 0.135. The molecular weight excluding hydrogens is 823 g/mol. The molecule has 0 saturated heterocycles.